The van der Waals surface area contributed by atoms with E-state index in [-0.39, 0.29) is 23.8 Å². The highest BCUT2D eigenvalue weighted by Gasteiger charge is 2.36. The number of carbonyl (C=O) groups excluding carboxylic acids is 4. The van der Waals surface area contributed by atoms with E-state index in [9.17, 15) is 19.2 Å². The predicted octanol–water partition coefficient (Wildman–Crippen LogP) is 4.99. The van der Waals surface area contributed by atoms with Gasteiger partial charge in [-0.1, -0.05) is 41.4 Å². The Kier molecular flexibility index (Phi) is 7.38. The van der Waals surface area contributed by atoms with E-state index < -0.39 is 17.8 Å². The third-order valence-corrected chi connectivity index (χ3v) is 5.86. The zero-order valence-corrected chi connectivity index (χ0v) is 20.4. The van der Waals surface area contributed by atoms with Crippen LogP contribution in [0.1, 0.15) is 11.1 Å². The third kappa shape index (κ3) is 5.73. The molecule has 2 N–H and O–H groups in total. The zero-order chi connectivity index (χ0) is 25.8. The topological polar surface area (TPSA) is 105 Å². The Morgan fingerprint density at radius 2 is 1.69 bits per heavy atom. The van der Waals surface area contributed by atoms with Crippen LogP contribution in [-0.4, -0.2) is 30.4 Å². The number of aryl methyl sites for hydroxylation is 1. The fourth-order valence-corrected chi connectivity index (χ4v) is 3.62. The number of benzene rings is 3. The molecular weight excluding hydrogens is 505 g/mol. The molecule has 3 aromatic carbocycles. The molecule has 10 heteroatoms. The number of nitrogens with zero attached hydrogens (tertiary/aromatic N) is 1. The largest absolute Gasteiger partial charge is 0.484 e. The van der Waals surface area contributed by atoms with E-state index in [1.807, 2.05) is 0 Å². The van der Waals surface area contributed by atoms with Crippen molar-refractivity contribution in [3.05, 3.63) is 93.5 Å². The summed E-state index contributed by atoms with van der Waals surface area (Å²) in [6, 6.07) is 17.0. The molecule has 1 saturated heterocycles. The van der Waals surface area contributed by atoms with Gasteiger partial charge in [-0.05, 0) is 72.7 Å². The molecule has 3 aromatic rings. The maximum atomic E-state index is 13.0. The first-order chi connectivity index (χ1) is 17.2. The van der Waals surface area contributed by atoms with Crippen molar-refractivity contribution in [1.29, 1.82) is 0 Å². The van der Waals surface area contributed by atoms with Crippen molar-refractivity contribution in [2.45, 2.75) is 6.92 Å². The number of hydrogen-bond donors (Lipinski definition) is 2. The highest BCUT2D eigenvalue weighted by molar-refractivity contribution is 6.39. The van der Waals surface area contributed by atoms with Crippen molar-refractivity contribution in [3.8, 4) is 5.75 Å². The lowest BCUT2D eigenvalue weighted by atomic mass is 10.1. The second-order valence-electron chi connectivity index (χ2n) is 7.80. The maximum Gasteiger partial charge on any atom is 0.335 e. The van der Waals surface area contributed by atoms with Crippen molar-refractivity contribution in [3.63, 3.8) is 0 Å². The molecule has 0 spiro atoms. The van der Waals surface area contributed by atoms with Crippen molar-refractivity contribution in [2.75, 3.05) is 16.8 Å². The Morgan fingerprint density at radius 1 is 1.00 bits per heavy atom. The number of halogens is 2. The predicted molar refractivity (Wildman–Crippen MR) is 137 cm³/mol. The van der Waals surface area contributed by atoms with Gasteiger partial charge in [0.15, 0.2) is 6.61 Å². The van der Waals surface area contributed by atoms with E-state index >= 15 is 0 Å². The lowest BCUT2D eigenvalue weighted by molar-refractivity contribution is -0.122. The second kappa shape index (κ2) is 10.6. The standard InChI is InChI=1S/C26H19Cl2N3O5/c1-15-2-9-19(13-22(15)28)31-25(34)21(24(33)30-26(31)35)12-16-3-10-20(11-4-16)36-14-23(32)29-18-7-5-17(27)6-8-18/h2-13H,14H2,1H3,(H,29,32)(H,30,33,35)/b21-12+. The van der Waals surface area contributed by atoms with Gasteiger partial charge in [0.2, 0.25) is 0 Å². The summed E-state index contributed by atoms with van der Waals surface area (Å²) in [5.74, 6) is -1.52. The zero-order valence-electron chi connectivity index (χ0n) is 18.9. The number of anilines is 2. The molecule has 1 heterocycles. The van der Waals surface area contributed by atoms with Gasteiger partial charge < -0.3 is 10.1 Å². The quantitative estimate of drug-likeness (QED) is 0.350. The molecule has 182 valence electrons. The first kappa shape index (κ1) is 25.0. The van der Waals surface area contributed by atoms with Crippen molar-refractivity contribution in [2.24, 2.45) is 0 Å². The number of ether oxygens (including phenoxy) is 1. The number of rotatable bonds is 6. The molecule has 4 rings (SSSR count). The number of carbonyl (C=O) groups is 4. The summed E-state index contributed by atoms with van der Waals surface area (Å²) in [5.41, 5.74) is 1.91. The van der Waals surface area contributed by atoms with E-state index in [4.69, 9.17) is 27.9 Å². The summed E-state index contributed by atoms with van der Waals surface area (Å²) in [7, 11) is 0. The highest BCUT2D eigenvalue weighted by Crippen LogP contribution is 2.27. The molecule has 5 amide bonds. The highest BCUT2D eigenvalue weighted by atomic mass is 35.5. The van der Waals surface area contributed by atoms with Crippen molar-refractivity contribution in [1.82, 2.24) is 5.32 Å². The molecule has 0 radical (unpaired) electrons. The Balaban J connectivity index is 1.44. The van der Waals surface area contributed by atoms with Gasteiger partial charge in [-0.3, -0.25) is 19.7 Å². The Morgan fingerprint density at radius 3 is 2.36 bits per heavy atom. The Labute approximate surface area is 216 Å². The minimum absolute atomic E-state index is 0.220. The average Bonchev–Trinajstić information content (AvgIpc) is 2.85. The number of barbiturate groups is 1. The van der Waals surface area contributed by atoms with Gasteiger partial charge in [-0.15, -0.1) is 0 Å². The number of hydrogen-bond acceptors (Lipinski definition) is 5. The van der Waals surface area contributed by atoms with Crippen LogP contribution in [0.3, 0.4) is 0 Å². The number of nitrogens with one attached hydrogen (secondary N) is 2. The minimum Gasteiger partial charge on any atom is -0.484 e. The van der Waals surface area contributed by atoms with Crippen molar-refractivity contribution < 1.29 is 23.9 Å². The number of urea groups is 1. The summed E-state index contributed by atoms with van der Waals surface area (Å²) in [6.45, 7) is 1.57. The average molecular weight is 524 g/mol. The molecule has 1 aliphatic heterocycles. The second-order valence-corrected chi connectivity index (χ2v) is 8.65. The van der Waals surface area contributed by atoms with Crippen LogP contribution in [0.2, 0.25) is 10.0 Å². The van der Waals surface area contributed by atoms with Crippen LogP contribution in [0.15, 0.2) is 72.3 Å². The summed E-state index contributed by atoms with van der Waals surface area (Å²) in [5, 5.41) is 5.80. The smallest absolute Gasteiger partial charge is 0.335 e. The molecule has 0 unspecified atom stereocenters. The van der Waals surface area contributed by atoms with Gasteiger partial charge in [0.1, 0.15) is 11.3 Å². The molecule has 36 heavy (non-hydrogen) atoms. The van der Waals surface area contributed by atoms with E-state index in [0.29, 0.717) is 27.0 Å². The Bertz CT molecular complexity index is 1390. The van der Waals surface area contributed by atoms with Crippen LogP contribution in [0.4, 0.5) is 16.2 Å². The summed E-state index contributed by atoms with van der Waals surface area (Å²) in [6.07, 6.45) is 1.37. The van der Waals surface area contributed by atoms with Crippen LogP contribution in [0.5, 0.6) is 5.75 Å². The Hall–Kier alpha value is -4.14. The van der Waals surface area contributed by atoms with Crippen LogP contribution in [-0.2, 0) is 14.4 Å². The lowest BCUT2D eigenvalue weighted by Gasteiger charge is -2.26. The number of amides is 5. The van der Waals surface area contributed by atoms with Gasteiger partial charge in [-0.2, -0.15) is 0 Å². The van der Waals surface area contributed by atoms with Crippen LogP contribution < -0.4 is 20.3 Å². The first-order valence-corrected chi connectivity index (χ1v) is 11.4. The third-order valence-electron chi connectivity index (χ3n) is 5.20. The van der Waals surface area contributed by atoms with E-state index in [1.54, 1.807) is 67.6 Å². The van der Waals surface area contributed by atoms with Gasteiger partial charge >= 0.3 is 6.03 Å². The van der Waals surface area contributed by atoms with Gasteiger partial charge in [0.05, 0.1) is 5.69 Å². The van der Waals surface area contributed by atoms with Crippen LogP contribution in [0, 0.1) is 6.92 Å². The molecule has 0 aliphatic carbocycles. The fourth-order valence-electron chi connectivity index (χ4n) is 3.32. The lowest BCUT2D eigenvalue weighted by Crippen LogP contribution is -2.54. The first-order valence-electron chi connectivity index (χ1n) is 10.7. The fraction of sp³-hybridized carbons (Fsp3) is 0.0769. The van der Waals surface area contributed by atoms with E-state index in [2.05, 4.69) is 10.6 Å². The number of imide groups is 2. The minimum atomic E-state index is -0.859. The molecule has 1 aliphatic rings. The monoisotopic (exact) mass is 523 g/mol. The molecular formula is C26H19Cl2N3O5. The molecule has 0 aromatic heterocycles. The van der Waals surface area contributed by atoms with E-state index in [1.165, 1.54) is 12.1 Å². The molecule has 0 atom stereocenters. The molecule has 0 saturated carbocycles. The van der Waals surface area contributed by atoms with Gasteiger partial charge in [0.25, 0.3) is 17.7 Å². The summed E-state index contributed by atoms with van der Waals surface area (Å²) < 4.78 is 5.49. The van der Waals surface area contributed by atoms with Crippen LogP contribution in [0.25, 0.3) is 6.08 Å². The van der Waals surface area contributed by atoms with Gasteiger partial charge in [-0.25, -0.2) is 9.69 Å². The van der Waals surface area contributed by atoms with Crippen LogP contribution >= 0.6 is 23.2 Å². The SMILES string of the molecule is Cc1ccc(N2C(=O)NC(=O)/C(=C\c3ccc(OCC(=O)Nc4ccc(Cl)cc4)cc3)C2=O)cc1Cl. The molecule has 1 fully saturated rings. The normalized spacial score (nSPS) is 14.6. The maximum absolute atomic E-state index is 13.0. The van der Waals surface area contributed by atoms with Gasteiger partial charge in [0, 0.05) is 15.7 Å². The molecule has 8 nitrogen and oxygen atoms in total. The molecule has 0 bridgehead atoms. The summed E-state index contributed by atoms with van der Waals surface area (Å²) >= 11 is 12.0. The summed E-state index contributed by atoms with van der Waals surface area (Å²) in [4.78, 5) is 50.7. The van der Waals surface area contributed by atoms with E-state index in [0.717, 1.165) is 10.5 Å². The van der Waals surface area contributed by atoms with Crippen molar-refractivity contribution >= 4 is 64.4 Å².